The van der Waals surface area contributed by atoms with E-state index in [4.69, 9.17) is 15.6 Å². The minimum absolute atomic E-state index is 0.157. The lowest BCUT2D eigenvalue weighted by molar-refractivity contribution is -0.138. The maximum Gasteiger partial charge on any atom is 0.305 e. The lowest BCUT2D eigenvalue weighted by Gasteiger charge is -2.56. The number of thioether (sulfide) groups is 1. The second-order valence-electron chi connectivity index (χ2n) is 6.91. The highest BCUT2D eigenvalue weighted by Crippen LogP contribution is 2.59. The fraction of sp³-hybridized carbons (Fsp3) is 0.750. The van der Waals surface area contributed by atoms with Crippen LogP contribution in [-0.2, 0) is 14.3 Å². The second kappa shape index (κ2) is 7.79. The zero-order valence-corrected chi connectivity index (χ0v) is 15.2. The average Bonchev–Trinajstić information content (AvgIpc) is 2.40. The van der Waals surface area contributed by atoms with Gasteiger partial charge in [-0.05, 0) is 0 Å². The quantitative estimate of drug-likeness (QED) is 0.330. The maximum atomic E-state index is 11.0. The molecule has 132 valence electrons. The third kappa shape index (κ3) is 5.31. The van der Waals surface area contributed by atoms with E-state index in [0.717, 1.165) is 0 Å². The number of carbonyl (C=O) groups is 2. The largest absolute Gasteiger partial charge is 0.481 e. The van der Waals surface area contributed by atoms with Crippen LogP contribution in [0.15, 0.2) is 12.2 Å². The predicted molar refractivity (Wildman–Crippen MR) is 92.4 cm³/mol. The zero-order chi connectivity index (χ0) is 17.8. The normalized spacial score (nSPS) is 23.9. The Morgan fingerprint density at radius 3 is 2.35 bits per heavy atom. The van der Waals surface area contributed by atoms with Crippen molar-refractivity contribution in [1.82, 2.24) is 5.32 Å². The number of nitrogens with one attached hydrogen (secondary N) is 1. The van der Waals surface area contributed by atoms with Gasteiger partial charge in [0.1, 0.15) is 12.5 Å². The number of carbonyl (C=O) groups excluding carboxylic acids is 1. The summed E-state index contributed by atoms with van der Waals surface area (Å²) in [7, 11) is 1.47. The van der Waals surface area contributed by atoms with Gasteiger partial charge in [-0.2, -0.15) is 0 Å². The molecule has 1 fully saturated rings. The molecule has 1 aliphatic rings. The van der Waals surface area contributed by atoms with Crippen molar-refractivity contribution in [2.24, 2.45) is 11.7 Å². The minimum atomic E-state index is -1.05. The van der Waals surface area contributed by atoms with Gasteiger partial charge in [-0.25, -0.2) is 0 Å². The molecule has 0 aromatic rings. The number of ether oxygens (including phenoxy) is 1. The third-order valence-corrected chi connectivity index (χ3v) is 5.65. The molecule has 0 amide bonds. The first-order valence-electron chi connectivity index (χ1n) is 7.63. The number of hydrogen-bond acceptors (Lipinski definition) is 6. The van der Waals surface area contributed by atoms with E-state index in [2.05, 4.69) is 39.1 Å². The van der Waals surface area contributed by atoms with Crippen molar-refractivity contribution in [2.45, 2.75) is 61.9 Å². The molecule has 0 radical (unpaired) electrons. The summed E-state index contributed by atoms with van der Waals surface area (Å²) >= 11 is 1.93. The van der Waals surface area contributed by atoms with Gasteiger partial charge in [0.05, 0.1) is 18.5 Å². The van der Waals surface area contributed by atoms with Crippen molar-refractivity contribution >= 4 is 24.0 Å². The molecule has 1 rings (SSSR count). The Morgan fingerprint density at radius 2 is 1.96 bits per heavy atom. The Balaban J connectivity index is 2.69. The van der Waals surface area contributed by atoms with E-state index < -0.39 is 24.3 Å². The number of carboxylic acid groups (broad SMARTS) is 1. The second-order valence-corrected chi connectivity index (χ2v) is 9.22. The molecule has 0 aromatic carbocycles. The third-order valence-electron chi connectivity index (χ3n) is 4.09. The Morgan fingerprint density at radius 1 is 1.39 bits per heavy atom. The summed E-state index contributed by atoms with van der Waals surface area (Å²) < 4.78 is 5.58. The van der Waals surface area contributed by atoms with Gasteiger partial charge < -0.3 is 20.4 Å². The highest BCUT2D eigenvalue weighted by atomic mass is 32.2. The number of carboxylic acids is 1. The number of allylic oxidation sites excluding steroid dienone is 1. The maximum absolute atomic E-state index is 11.0. The van der Waals surface area contributed by atoms with Crippen molar-refractivity contribution in [1.29, 1.82) is 0 Å². The van der Waals surface area contributed by atoms with Gasteiger partial charge in [0, 0.05) is 22.5 Å². The fourth-order valence-electron chi connectivity index (χ4n) is 3.27. The SMILES string of the molecule is COC(N[C@H](C=O)CC(=O)O)C(N)C=CC1C(C)(C)SC1(C)C. The molecule has 4 N–H and O–H groups in total. The van der Waals surface area contributed by atoms with Crippen LogP contribution >= 0.6 is 11.8 Å². The van der Waals surface area contributed by atoms with E-state index in [0.29, 0.717) is 12.2 Å². The van der Waals surface area contributed by atoms with Gasteiger partial charge in [-0.15, -0.1) is 11.8 Å². The van der Waals surface area contributed by atoms with Crippen molar-refractivity contribution in [2.75, 3.05) is 7.11 Å². The molecular formula is C16H28N2O4S. The van der Waals surface area contributed by atoms with Gasteiger partial charge in [0.25, 0.3) is 0 Å². The number of methoxy groups -OCH3 is 1. The van der Waals surface area contributed by atoms with Crippen LogP contribution in [0.3, 0.4) is 0 Å². The number of aliphatic carboxylic acids is 1. The fourth-order valence-corrected chi connectivity index (χ4v) is 5.44. The van der Waals surface area contributed by atoms with E-state index in [1.54, 1.807) is 0 Å². The smallest absolute Gasteiger partial charge is 0.305 e. The Hall–Kier alpha value is -0.890. The summed E-state index contributed by atoms with van der Waals surface area (Å²) in [6, 6.07) is -1.31. The summed E-state index contributed by atoms with van der Waals surface area (Å²) in [5.41, 5.74) is 6.12. The average molecular weight is 344 g/mol. The summed E-state index contributed by atoms with van der Waals surface area (Å²) in [4.78, 5) is 21.7. The van der Waals surface area contributed by atoms with E-state index in [1.165, 1.54) is 7.11 Å². The molecule has 0 bridgehead atoms. The van der Waals surface area contributed by atoms with Crippen LogP contribution in [-0.4, -0.2) is 52.3 Å². The van der Waals surface area contributed by atoms with Crippen molar-refractivity contribution in [3.8, 4) is 0 Å². The topological polar surface area (TPSA) is 102 Å². The van der Waals surface area contributed by atoms with Crippen LogP contribution in [0, 0.1) is 5.92 Å². The summed E-state index contributed by atoms with van der Waals surface area (Å²) in [5.74, 6) is -0.673. The first-order chi connectivity index (χ1) is 10.5. The molecule has 2 unspecified atom stereocenters. The van der Waals surface area contributed by atoms with E-state index in [-0.39, 0.29) is 15.9 Å². The molecule has 1 aliphatic heterocycles. The molecule has 0 saturated carbocycles. The molecule has 23 heavy (non-hydrogen) atoms. The Kier molecular flexibility index (Phi) is 6.82. The molecule has 1 heterocycles. The zero-order valence-electron chi connectivity index (χ0n) is 14.4. The van der Waals surface area contributed by atoms with Crippen LogP contribution in [0.2, 0.25) is 0 Å². The first kappa shape index (κ1) is 20.2. The molecule has 0 aliphatic carbocycles. The minimum Gasteiger partial charge on any atom is -0.481 e. The van der Waals surface area contributed by atoms with Crippen LogP contribution < -0.4 is 11.1 Å². The summed E-state index contributed by atoms with van der Waals surface area (Å²) in [6.07, 6.45) is 3.60. The van der Waals surface area contributed by atoms with Gasteiger partial charge in [-0.1, -0.05) is 39.8 Å². The molecule has 7 heteroatoms. The Labute approximate surface area is 142 Å². The van der Waals surface area contributed by atoms with E-state index in [1.807, 2.05) is 17.8 Å². The number of nitrogens with two attached hydrogens (primary N) is 1. The van der Waals surface area contributed by atoms with Crippen LogP contribution in [0.25, 0.3) is 0 Å². The lowest BCUT2D eigenvalue weighted by Crippen LogP contribution is -2.54. The summed E-state index contributed by atoms with van der Waals surface area (Å²) in [6.45, 7) is 8.80. The molecule has 6 nitrogen and oxygen atoms in total. The van der Waals surface area contributed by atoms with Gasteiger partial charge in [0.2, 0.25) is 0 Å². The predicted octanol–water partition coefficient (Wildman–Crippen LogP) is 1.39. The highest BCUT2D eigenvalue weighted by Gasteiger charge is 2.52. The molecule has 3 atom stereocenters. The highest BCUT2D eigenvalue weighted by molar-refractivity contribution is 8.03. The van der Waals surface area contributed by atoms with Crippen LogP contribution in [0.1, 0.15) is 34.1 Å². The van der Waals surface area contributed by atoms with Crippen molar-refractivity contribution in [3.63, 3.8) is 0 Å². The van der Waals surface area contributed by atoms with E-state index in [9.17, 15) is 9.59 Å². The summed E-state index contributed by atoms with van der Waals surface area (Å²) in [5, 5.41) is 11.6. The molecule has 0 aromatic heterocycles. The Bertz CT molecular complexity index is 451. The van der Waals surface area contributed by atoms with Crippen LogP contribution in [0.4, 0.5) is 0 Å². The van der Waals surface area contributed by atoms with Gasteiger partial charge >= 0.3 is 5.97 Å². The number of hydrogen-bond donors (Lipinski definition) is 3. The molecule has 1 saturated heterocycles. The standard InChI is InChI=1S/C16H28N2O4S/c1-15(2)12(16(3,4)23-15)7-6-11(17)14(22-5)18-10(9-19)8-13(20)21/h6-7,9-12,14,18H,8,17H2,1-5H3,(H,20,21)/t10-,11?,14?/m0/s1. The number of aldehydes is 1. The van der Waals surface area contributed by atoms with Crippen molar-refractivity contribution in [3.05, 3.63) is 12.2 Å². The van der Waals surface area contributed by atoms with E-state index >= 15 is 0 Å². The lowest BCUT2D eigenvalue weighted by atomic mass is 9.81. The van der Waals surface area contributed by atoms with Gasteiger partial charge in [-0.3, -0.25) is 10.1 Å². The molecular weight excluding hydrogens is 316 g/mol. The van der Waals surface area contributed by atoms with Crippen molar-refractivity contribution < 1.29 is 19.4 Å². The first-order valence-corrected chi connectivity index (χ1v) is 8.45. The van der Waals surface area contributed by atoms with Crippen LogP contribution in [0.5, 0.6) is 0 Å². The van der Waals surface area contributed by atoms with Gasteiger partial charge in [0.15, 0.2) is 0 Å². The molecule has 0 spiro atoms. The number of rotatable bonds is 9. The monoisotopic (exact) mass is 344 g/mol.